The molecule has 2 unspecified atom stereocenters. The SMILES string of the molecule is CCCCCCCCCCCCCCC=CC(CC(=O)Oc1c2ccccc2c(OC(=O)CC(C=CCCCCCCCCCCCCCC)C(=O)O)c2cc(CC)ccc12)C(=O)O. The summed E-state index contributed by atoms with van der Waals surface area (Å²) in [6, 6.07) is 12.8. The zero-order valence-corrected chi connectivity index (χ0v) is 39.9. The summed E-state index contributed by atoms with van der Waals surface area (Å²) < 4.78 is 12.1. The van der Waals surface area contributed by atoms with Gasteiger partial charge in [-0.05, 0) is 43.7 Å². The van der Waals surface area contributed by atoms with Gasteiger partial charge in [0.15, 0.2) is 0 Å². The lowest BCUT2D eigenvalue weighted by Crippen LogP contribution is -2.20. The summed E-state index contributed by atoms with van der Waals surface area (Å²) >= 11 is 0. The molecule has 0 aromatic heterocycles. The van der Waals surface area contributed by atoms with E-state index in [9.17, 15) is 29.4 Å². The lowest BCUT2D eigenvalue weighted by atomic mass is 9.97. The Morgan fingerprint density at radius 1 is 0.469 bits per heavy atom. The average Bonchev–Trinajstić information content (AvgIpc) is 3.29. The fourth-order valence-corrected chi connectivity index (χ4v) is 8.46. The molecule has 0 aliphatic heterocycles. The van der Waals surface area contributed by atoms with E-state index in [1.54, 1.807) is 36.4 Å². The molecule has 0 amide bonds. The van der Waals surface area contributed by atoms with Gasteiger partial charge in [-0.2, -0.15) is 0 Å². The number of unbranched alkanes of at least 4 members (excludes halogenated alkanes) is 24. The lowest BCUT2D eigenvalue weighted by molar-refractivity contribution is -0.145. The smallest absolute Gasteiger partial charge is 0.312 e. The third kappa shape index (κ3) is 21.0. The maximum atomic E-state index is 13.5. The van der Waals surface area contributed by atoms with Gasteiger partial charge in [-0.15, -0.1) is 0 Å². The van der Waals surface area contributed by atoms with Crippen molar-refractivity contribution in [3.05, 3.63) is 72.3 Å². The second kappa shape index (κ2) is 33.1. The molecule has 3 rings (SSSR count). The van der Waals surface area contributed by atoms with E-state index in [0.29, 0.717) is 28.0 Å². The summed E-state index contributed by atoms with van der Waals surface area (Å²) in [5.74, 6) is -5.09. The number of benzene rings is 3. The summed E-state index contributed by atoms with van der Waals surface area (Å²) in [5.41, 5.74) is 0.964. The summed E-state index contributed by atoms with van der Waals surface area (Å²) in [6.45, 7) is 6.50. The van der Waals surface area contributed by atoms with Crippen molar-refractivity contribution >= 4 is 45.4 Å². The number of allylic oxidation sites excluding steroid dienone is 2. The first-order valence-electron chi connectivity index (χ1n) is 25.4. The maximum absolute atomic E-state index is 13.5. The Balaban J connectivity index is 1.59. The van der Waals surface area contributed by atoms with Gasteiger partial charge in [-0.25, -0.2) is 0 Å². The summed E-state index contributed by atoms with van der Waals surface area (Å²) in [4.78, 5) is 51.5. The number of hydrogen-bond donors (Lipinski definition) is 2. The molecule has 2 N–H and O–H groups in total. The zero-order chi connectivity index (χ0) is 46.2. The highest BCUT2D eigenvalue weighted by molar-refractivity contribution is 6.13. The number of ether oxygens (including phenoxy) is 2. The number of rotatable bonds is 37. The van der Waals surface area contributed by atoms with Crippen molar-refractivity contribution in [3.8, 4) is 11.5 Å². The van der Waals surface area contributed by atoms with E-state index in [1.807, 2.05) is 37.3 Å². The molecule has 354 valence electrons. The molecule has 8 nitrogen and oxygen atoms in total. The lowest BCUT2D eigenvalue weighted by Gasteiger charge is -2.18. The van der Waals surface area contributed by atoms with E-state index in [2.05, 4.69) is 13.8 Å². The first-order valence-corrected chi connectivity index (χ1v) is 25.4. The van der Waals surface area contributed by atoms with Crippen LogP contribution in [-0.2, 0) is 25.6 Å². The molecule has 0 fully saturated rings. The molecule has 0 saturated carbocycles. The molecule has 2 atom stereocenters. The molecule has 3 aromatic rings. The molecular formula is C56H82O8. The number of carbonyl (C=O) groups excluding carboxylic acids is 2. The van der Waals surface area contributed by atoms with Crippen LogP contribution >= 0.6 is 0 Å². The molecule has 8 heteroatoms. The predicted octanol–water partition coefficient (Wildman–Crippen LogP) is 15.8. The monoisotopic (exact) mass is 883 g/mol. The molecule has 64 heavy (non-hydrogen) atoms. The van der Waals surface area contributed by atoms with Gasteiger partial charge in [0.2, 0.25) is 0 Å². The number of fused-ring (bicyclic) bond motifs is 2. The molecule has 0 spiro atoms. The minimum absolute atomic E-state index is 0.256. The van der Waals surface area contributed by atoms with Crippen molar-refractivity contribution in [1.82, 2.24) is 0 Å². The largest absolute Gasteiger partial charge is 0.481 e. The van der Waals surface area contributed by atoms with Gasteiger partial charge in [-0.3, -0.25) is 19.2 Å². The van der Waals surface area contributed by atoms with Crippen LogP contribution in [0, 0.1) is 11.8 Å². The van der Waals surface area contributed by atoms with E-state index >= 15 is 0 Å². The van der Waals surface area contributed by atoms with E-state index < -0.39 is 35.7 Å². The highest BCUT2D eigenvalue weighted by Gasteiger charge is 2.25. The summed E-state index contributed by atoms with van der Waals surface area (Å²) in [7, 11) is 0. The van der Waals surface area contributed by atoms with Crippen molar-refractivity contribution in [2.45, 2.75) is 207 Å². The minimum Gasteiger partial charge on any atom is -0.481 e. The maximum Gasteiger partial charge on any atom is 0.312 e. The van der Waals surface area contributed by atoms with Crippen molar-refractivity contribution in [2.24, 2.45) is 11.8 Å². The predicted molar refractivity (Wildman–Crippen MR) is 263 cm³/mol. The first kappa shape index (κ1) is 53.9. The topological polar surface area (TPSA) is 127 Å². The Morgan fingerprint density at radius 2 is 0.812 bits per heavy atom. The Bertz CT molecular complexity index is 1880. The van der Waals surface area contributed by atoms with Crippen molar-refractivity contribution in [1.29, 1.82) is 0 Å². The minimum atomic E-state index is -1.09. The van der Waals surface area contributed by atoms with E-state index in [1.165, 1.54) is 128 Å². The van der Waals surface area contributed by atoms with Crippen molar-refractivity contribution in [2.75, 3.05) is 0 Å². The number of carboxylic acid groups (broad SMARTS) is 2. The number of aryl methyl sites for hydroxylation is 1. The highest BCUT2D eigenvalue weighted by atomic mass is 16.5. The Labute approximate surface area is 385 Å². The van der Waals surface area contributed by atoms with Gasteiger partial charge >= 0.3 is 23.9 Å². The van der Waals surface area contributed by atoms with Gasteiger partial charge in [0.1, 0.15) is 11.5 Å². The summed E-state index contributed by atoms with van der Waals surface area (Å²) in [6.07, 6.45) is 38.6. The van der Waals surface area contributed by atoms with Crippen LogP contribution in [-0.4, -0.2) is 34.1 Å². The fraction of sp³-hybridized carbons (Fsp3) is 0.607. The molecule has 0 bridgehead atoms. The number of carboxylic acids is 2. The molecule has 0 aliphatic carbocycles. The van der Waals surface area contributed by atoms with Crippen LogP contribution in [0.4, 0.5) is 0 Å². The van der Waals surface area contributed by atoms with Crippen LogP contribution in [0.2, 0.25) is 0 Å². The Morgan fingerprint density at radius 3 is 1.17 bits per heavy atom. The molecule has 0 heterocycles. The number of aliphatic carboxylic acids is 2. The van der Waals surface area contributed by atoms with Crippen LogP contribution in [0.15, 0.2) is 66.8 Å². The van der Waals surface area contributed by atoms with Gasteiger partial charge in [0.25, 0.3) is 0 Å². The summed E-state index contributed by atoms with van der Waals surface area (Å²) in [5, 5.41) is 22.1. The van der Waals surface area contributed by atoms with Crippen molar-refractivity contribution in [3.63, 3.8) is 0 Å². The second-order valence-electron chi connectivity index (χ2n) is 17.9. The third-order valence-corrected chi connectivity index (χ3v) is 12.4. The van der Waals surface area contributed by atoms with E-state index in [-0.39, 0.29) is 24.3 Å². The van der Waals surface area contributed by atoms with Crippen LogP contribution in [0.5, 0.6) is 11.5 Å². The highest BCUT2D eigenvalue weighted by Crippen LogP contribution is 2.44. The Kier molecular flexibility index (Phi) is 27.9. The quantitative estimate of drug-likeness (QED) is 0.0193. The molecule has 0 aliphatic rings. The van der Waals surface area contributed by atoms with Gasteiger partial charge in [-0.1, -0.05) is 223 Å². The van der Waals surface area contributed by atoms with Crippen LogP contribution in [0.3, 0.4) is 0 Å². The van der Waals surface area contributed by atoms with Gasteiger partial charge in [0.05, 0.1) is 24.7 Å². The number of carbonyl (C=O) groups is 4. The van der Waals surface area contributed by atoms with Crippen LogP contribution in [0.25, 0.3) is 21.5 Å². The first-order chi connectivity index (χ1) is 31.2. The molecular weight excluding hydrogens is 801 g/mol. The number of hydrogen-bond acceptors (Lipinski definition) is 6. The Hall–Kier alpha value is -4.46. The van der Waals surface area contributed by atoms with E-state index in [4.69, 9.17) is 9.47 Å². The normalized spacial score (nSPS) is 12.7. The van der Waals surface area contributed by atoms with Crippen LogP contribution in [0.1, 0.15) is 206 Å². The molecule has 0 radical (unpaired) electrons. The third-order valence-electron chi connectivity index (χ3n) is 12.4. The molecule has 3 aromatic carbocycles. The van der Waals surface area contributed by atoms with Crippen molar-refractivity contribution < 1.29 is 38.9 Å². The van der Waals surface area contributed by atoms with Gasteiger partial charge in [0, 0.05) is 21.5 Å². The number of esters is 2. The zero-order valence-electron chi connectivity index (χ0n) is 39.9. The van der Waals surface area contributed by atoms with Gasteiger partial charge < -0.3 is 19.7 Å². The second-order valence-corrected chi connectivity index (χ2v) is 17.9. The standard InChI is InChI=1S/C56H82O8/c1-4-7-9-11-13-15-17-19-21-23-25-27-29-31-35-45(55(59)60)42-51(57)63-53-47-37-33-34-38-48(47)54(50-41-44(6-3)39-40-49(50)53)64-52(58)43-46(56(61)62)36-32-30-28-26-24-22-20-18-16-14-12-10-8-5-2/h31-41,45-46H,4-30,42-43H2,1-3H3,(H,59,60)(H,61,62). The average molecular weight is 883 g/mol. The fourth-order valence-electron chi connectivity index (χ4n) is 8.46. The van der Waals surface area contributed by atoms with Crippen LogP contribution < -0.4 is 9.47 Å². The van der Waals surface area contributed by atoms with E-state index in [0.717, 1.165) is 44.1 Å². The molecule has 0 saturated heterocycles.